The highest BCUT2D eigenvalue weighted by Gasteiger charge is 2.11. The third kappa shape index (κ3) is 5.44. The van der Waals surface area contributed by atoms with Gasteiger partial charge in [-0.25, -0.2) is 0 Å². The zero-order valence-electron chi connectivity index (χ0n) is 11.9. The standard InChI is InChI=1S/C17H27Cl/c1-3-4-5-6-7-8-12-16(14-18)17-13-10-9-11-15(17)2/h9-11,13,16H,3-8,12,14H2,1-2H3. The number of unbranched alkanes of at least 4 members (excludes halogenated alkanes) is 5. The van der Waals surface area contributed by atoms with Gasteiger partial charge in [-0.2, -0.15) is 0 Å². The van der Waals surface area contributed by atoms with Crippen molar-refractivity contribution < 1.29 is 0 Å². The molecule has 0 radical (unpaired) electrons. The Kier molecular flexibility index (Phi) is 8.17. The van der Waals surface area contributed by atoms with Crippen molar-refractivity contribution in [1.82, 2.24) is 0 Å². The highest BCUT2D eigenvalue weighted by Crippen LogP contribution is 2.26. The Hall–Kier alpha value is -0.490. The SMILES string of the molecule is CCCCCCCCC(CCl)c1ccccc1C. The number of alkyl halides is 1. The molecule has 18 heavy (non-hydrogen) atoms. The number of benzene rings is 1. The van der Waals surface area contributed by atoms with Gasteiger partial charge >= 0.3 is 0 Å². The van der Waals surface area contributed by atoms with Crippen molar-refractivity contribution in [3.63, 3.8) is 0 Å². The molecule has 0 saturated carbocycles. The largest absolute Gasteiger partial charge is 0.126 e. The lowest BCUT2D eigenvalue weighted by Crippen LogP contribution is -2.02. The Balaban J connectivity index is 2.32. The van der Waals surface area contributed by atoms with Crippen LogP contribution in [-0.4, -0.2) is 5.88 Å². The molecule has 0 aliphatic carbocycles. The molecule has 0 fully saturated rings. The highest BCUT2D eigenvalue weighted by atomic mass is 35.5. The van der Waals surface area contributed by atoms with E-state index >= 15 is 0 Å². The summed E-state index contributed by atoms with van der Waals surface area (Å²) in [5.74, 6) is 1.29. The molecule has 0 heterocycles. The summed E-state index contributed by atoms with van der Waals surface area (Å²) in [5, 5.41) is 0. The first-order chi connectivity index (χ1) is 8.79. The summed E-state index contributed by atoms with van der Waals surface area (Å²) in [7, 11) is 0. The fraction of sp³-hybridized carbons (Fsp3) is 0.647. The zero-order valence-corrected chi connectivity index (χ0v) is 12.7. The second-order valence-electron chi connectivity index (χ2n) is 5.26. The van der Waals surface area contributed by atoms with Gasteiger partial charge in [-0.15, -0.1) is 11.6 Å². The number of rotatable bonds is 9. The van der Waals surface area contributed by atoms with Crippen LogP contribution >= 0.6 is 11.6 Å². The van der Waals surface area contributed by atoms with Gasteiger partial charge in [-0.1, -0.05) is 69.7 Å². The summed E-state index contributed by atoms with van der Waals surface area (Å²) < 4.78 is 0. The molecular weight excluding hydrogens is 240 g/mol. The van der Waals surface area contributed by atoms with Crippen LogP contribution in [0.4, 0.5) is 0 Å². The maximum absolute atomic E-state index is 6.14. The molecule has 0 nitrogen and oxygen atoms in total. The van der Waals surface area contributed by atoms with Gasteiger partial charge in [0.25, 0.3) is 0 Å². The lowest BCUT2D eigenvalue weighted by atomic mass is 9.91. The van der Waals surface area contributed by atoms with Gasteiger partial charge < -0.3 is 0 Å². The fourth-order valence-electron chi connectivity index (χ4n) is 2.53. The van der Waals surface area contributed by atoms with Crippen molar-refractivity contribution >= 4 is 11.6 Å². The lowest BCUT2D eigenvalue weighted by Gasteiger charge is -2.16. The van der Waals surface area contributed by atoms with Crippen LogP contribution in [0.1, 0.15) is 68.9 Å². The van der Waals surface area contributed by atoms with Crippen LogP contribution in [-0.2, 0) is 0 Å². The van der Waals surface area contributed by atoms with Gasteiger partial charge in [-0.3, -0.25) is 0 Å². The van der Waals surface area contributed by atoms with Gasteiger partial charge in [0.2, 0.25) is 0 Å². The Morgan fingerprint density at radius 1 is 1.00 bits per heavy atom. The quantitative estimate of drug-likeness (QED) is 0.376. The highest BCUT2D eigenvalue weighted by molar-refractivity contribution is 6.18. The van der Waals surface area contributed by atoms with E-state index in [0.29, 0.717) is 5.92 Å². The summed E-state index contributed by atoms with van der Waals surface area (Å²) in [6.45, 7) is 4.46. The van der Waals surface area contributed by atoms with Gasteiger partial charge in [-0.05, 0) is 30.4 Å². The first kappa shape index (κ1) is 15.6. The second kappa shape index (κ2) is 9.44. The van der Waals surface area contributed by atoms with E-state index < -0.39 is 0 Å². The topological polar surface area (TPSA) is 0 Å². The first-order valence-corrected chi connectivity index (χ1v) is 7.94. The van der Waals surface area contributed by atoms with E-state index in [1.165, 1.54) is 56.1 Å². The van der Waals surface area contributed by atoms with Gasteiger partial charge in [0.1, 0.15) is 0 Å². The summed E-state index contributed by atoms with van der Waals surface area (Å²) in [4.78, 5) is 0. The molecule has 0 spiro atoms. The van der Waals surface area contributed by atoms with Crippen LogP contribution in [0.15, 0.2) is 24.3 Å². The third-order valence-corrected chi connectivity index (χ3v) is 4.09. The van der Waals surface area contributed by atoms with Crippen LogP contribution in [0.5, 0.6) is 0 Å². The summed E-state index contributed by atoms with van der Waals surface area (Å²) in [5.41, 5.74) is 2.83. The molecule has 1 aromatic carbocycles. The smallest absolute Gasteiger partial charge is 0.0292 e. The monoisotopic (exact) mass is 266 g/mol. The number of halogens is 1. The van der Waals surface area contributed by atoms with E-state index in [1.54, 1.807) is 0 Å². The van der Waals surface area contributed by atoms with E-state index in [4.69, 9.17) is 11.6 Å². The number of hydrogen-bond donors (Lipinski definition) is 0. The first-order valence-electron chi connectivity index (χ1n) is 7.41. The normalized spacial score (nSPS) is 12.6. The minimum absolute atomic E-state index is 0.541. The lowest BCUT2D eigenvalue weighted by molar-refractivity contribution is 0.558. The number of aryl methyl sites for hydroxylation is 1. The minimum atomic E-state index is 0.541. The van der Waals surface area contributed by atoms with Crippen molar-refractivity contribution in [2.24, 2.45) is 0 Å². The van der Waals surface area contributed by atoms with E-state index in [2.05, 4.69) is 38.1 Å². The maximum atomic E-state index is 6.14. The number of hydrogen-bond acceptors (Lipinski definition) is 0. The molecule has 0 amide bonds. The molecule has 0 N–H and O–H groups in total. The van der Waals surface area contributed by atoms with Crippen molar-refractivity contribution in [2.75, 3.05) is 5.88 Å². The van der Waals surface area contributed by atoms with Gasteiger partial charge in [0.15, 0.2) is 0 Å². The molecule has 1 atom stereocenters. The molecule has 0 bridgehead atoms. The summed E-state index contributed by atoms with van der Waals surface area (Å²) in [6, 6.07) is 8.66. The Bertz CT molecular complexity index is 319. The molecule has 1 heteroatoms. The van der Waals surface area contributed by atoms with Crippen LogP contribution in [0, 0.1) is 6.92 Å². The predicted octanol–water partition coefficient (Wildman–Crippen LogP) is 6.07. The Morgan fingerprint density at radius 3 is 2.33 bits per heavy atom. The fourth-order valence-corrected chi connectivity index (χ4v) is 2.85. The van der Waals surface area contributed by atoms with E-state index in [-0.39, 0.29) is 0 Å². The van der Waals surface area contributed by atoms with Crippen LogP contribution < -0.4 is 0 Å². The van der Waals surface area contributed by atoms with Crippen LogP contribution in [0.25, 0.3) is 0 Å². The van der Waals surface area contributed by atoms with Crippen LogP contribution in [0.2, 0.25) is 0 Å². The van der Waals surface area contributed by atoms with E-state index in [0.717, 1.165) is 5.88 Å². The van der Waals surface area contributed by atoms with Crippen molar-refractivity contribution in [3.8, 4) is 0 Å². The molecule has 0 aliphatic heterocycles. The van der Waals surface area contributed by atoms with Crippen molar-refractivity contribution in [2.45, 2.75) is 64.7 Å². The molecule has 1 aromatic rings. The maximum Gasteiger partial charge on any atom is 0.0292 e. The molecule has 102 valence electrons. The second-order valence-corrected chi connectivity index (χ2v) is 5.57. The molecule has 0 aliphatic rings. The average molecular weight is 267 g/mol. The zero-order chi connectivity index (χ0) is 13.2. The average Bonchev–Trinajstić information content (AvgIpc) is 2.39. The molecular formula is C17H27Cl. The van der Waals surface area contributed by atoms with Gasteiger partial charge in [0.05, 0.1) is 0 Å². The Labute approximate surface area is 118 Å². The minimum Gasteiger partial charge on any atom is -0.126 e. The van der Waals surface area contributed by atoms with Crippen molar-refractivity contribution in [3.05, 3.63) is 35.4 Å². The predicted molar refractivity (Wildman–Crippen MR) is 82.6 cm³/mol. The van der Waals surface area contributed by atoms with E-state index in [9.17, 15) is 0 Å². The van der Waals surface area contributed by atoms with E-state index in [1.807, 2.05) is 0 Å². The summed E-state index contributed by atoms with van der Waals surface area (Å²) >= 11 is 6.14. The van der Waals surface area contributed by atoms with Crippen LogP contribution in [0.3, 0.4) is 0 Å². The Morgan fingerprint density at radius 2 is 1.67 bits per heavy atom. The molecule has 0 aromatic heterocycles. The molecule has 1 rings (SSSR count). The molecule has 1 unspecified atom stereocenters. The van der Waals surface area contributed by atoms with Crippen molar-refractivity contribution in [1.29, 1.82) is 0 Å². The summed E-state index contributed by atoms with van der Waals surface area (Å²) in [6.07, 6.45) is 9.41. The molecule has 0 saturated heterocycles. The van der Waals surface area contributed by atoms with Gasteiger partial charge in [0, 0.05) is 5.88 Å². The third-order valence-electron chi connectivity index (χ3n) is 3.72.